The monoisotopic (exact) mass is 316 g/mol. The quantitative estimate of drug-likeness (QED) is 0.599. The topological polar surface area (TPSA) is 39.7 Å². The second-order valence-corrected chi connectivity index (χ2v) is 6.46. The lowest BCUT2D eigenvalue weighted by Gasteiger charge is -2.23. The predicted molar refractivity (Wildman–Crippen MR) is 98.9 cm³/mol. The molecule has 1 fully saturated rings. The lowest BCUT2D eigenvalue weighted by Crippen LogP contribution is -2.39. The lowest BCUT2D eigenvalue weighted by atomic mass is 10.1. The van der Waals surface area contributed by atoms with Crippen molar-refractivity contribution in [2.24, 2.45) is 4.99 Å². The summed E-state index contributed by atoms with van der Waals surface area (Å²) in [6.45, 7) is 7.03. The van der Waals surface area contributed by atoms with Crippen molar-refractivity contribution >= 4 is 5.96 Å². The van der Waals surface area contributed by atoms with Crippen molar-refractivity contribution < 1.29 is 0 Å². The molecule has 0 aliphatic heterocycles. The average molecular weight is 316 g/mol. The van der Waals surface area contributed by atoms with Gasteiger partial charge < -0.3 is 15.5 Å². The highest BCUT2D eigenvalue weighted by atomic mass is 15.2. The minimum Gasteiger partial charge on any atom is -0.357 e. The highest BCUT2D eigenvalue weighted by Crippen LogP contribution is 2.21. The molecule has 1 atom stereocenters. The normalized spacial score (nSPS) is 17.5. The van der Waals surface area contributed by atoms with Gasteiger partial charge in [-0.25, -0.2) is 0 Å². The average Bonchev–Trinajstić information content (AvgIpc) is 3.10. The van der Waals surface area contributed by atoms with Gasteiger partial charge in [0.05, 0.1) is 12.6 Å². The SMILES string of the molecule is CCNC(=NCCN(C)C1CCCC1)NC(C)c1ccccc1. The Labute approximate surface area is 141 Å². The number of rotatable bonds is 7. The highest BCUT2D eigenvalue weighted by Gasteiger charge is 2.18. The summed E-state index contributed by atoms with van der Waals surface area (Å²) in [4.78, 5) is 7.22. The van der Waals surface area contributed by atoms with Gasteiger partial charge in [-0.1, -0.05) is 43.2 Å². The third-order valence-corrected chi connectivity index (χ3v) is 4.67. The molecule has 128 valence electrons. The zero-order valence-electron chi connectivity index (χ0n) is 14.9. The molecule has 0 amide bonds. The molecule has 1 aliphatic carbocycles. The molecule has 1 aromatic rings. The number of nitrogens with one attached hydrogen (secondary N) is 2. The van der Waals surface area contributed by atoms with Gasteiger partial charge in [-0.2, -0.15) is 0 Å². The van der Waals surface area contributed by atoms with E-state index in [0.717, 1.165) is 31.6 Å². The first-order valence-corrected chi connectivity index (χ1v) is 9.00. The molecule has 0 saturated heterocycles. The summed E-state index contributed by atoms with van der Waals surface area (Å²) in [7, 11) is 2.23. The van der Waals surface area contributed by atoms with Crippen molar-refractivity contribution in [1.29, 1.82) is 0 Å². The standard InChI is InChI=1S/C19H32N4/c1-4-20-19(22-16(2)17-10-6-5-7-11-17)21-14-15-23(3)18-12-8-9-13-18/h5-7,10-11,16,18H,4,8-9,12-15H2,1-3H3,(H2,20,21,22). The van der Waals surface area contributed by atoms with Gasteiger partial charge in [0.2, 0.25) is 0 Å². The smallest absolute Gasteiger partial charge is 0.191 e. The van der Waals surface area contributed by atoms with Gasteiger partial charge in [0.25, 0.3) is 0 Å². The third kappa shape index (κ3) is 5.87. The number of aliphatic imine (C=N–C) groups is 1. The van der Waals surface area contributed by atoms with Crippen LogP contribution in [-0.4, -0.2) is 43.6 Å². The third-order valence-electron chi connectivity index (χ3n) is 4.67. The summed E-state index contributed by atoms with van der Waals surface area (Å²) >= 11 is 0. The molecule has 2 N–H and O–H groups in total. The minimum atomic E-state index is 0.251. The minimum absolute atomic E-state index is 0.251. The maximum Gasteiger partial charge on any atom is 0.191 e. The van der Waals surface area contributed by atoms with Crippen LogP contribution in [0.2, 0.25) is 0 Å². The van der Waals surface area contributed by atoms with E-state index >= 15 is 0 Å². The Balaban J connectivity index is 1.84. The van der Waals surface area contributed by atoms with E-state index in [0.29, 0.717) is 0 Å². The van der Waals surface area contributed by atoms with Crippen molar-refractivity contribution in [1.82, 2.24) is 15.5 Å². The number of likely N-dealkylation sites (N-methyl/N-ethyl adjacent to an activating group) is 1. The Morgan fingerprint density at radius 2 is 1.96 bits per heavy atom. The van der Waals surface area contributed by atoms with Crippen molar-refractivity contribution in [3.05, 3.63) is 35.9 Å². The van der Waals surface area contributed by atoms with E-state index in [1.54, 1.807) is 0 Å². The molecule has 1 aliphatic rings. The van der Waals surface area contributed by atoms with Crippen LogP contribution >= 0.6 is 0 Å². The molecule has 4 heteroatoms. The van der Waals surface area contributed by atoms with Gasteiger partial charge >= 0.3 is 0 Å². The summed E-state index contributed by atoms with van der Waals surface area (Å²) < 4.78 is 0. The van der Waals surface area contributed by atoms with Gasteiger partial charge in [0.1, 0.15) is 0 Å². The van der Waals surface area contributed by atoms with E-state index < -0.39 is 0 Å². The van der Waals surface area contributed by atoms with Crippen molar-refractivity contribution in [2.75, 3.05) is 26.7 Å². The fourth-order valence-electron chi connectivity index (χ4n) is 3.20. The zero-order valence-corrected chi connectivity index (χ0v) is 14.9. The van der Waals surface area contributed by atoms with Gasteiger partial charge in [-0.15, -0.1) is 0 Å². The summed E-state index contributed by atoms with van der Waals surface area (Å²) in [5, 5.41) is 6.84. The first kappa shape index (κ1) is 17.8. The van der Waals surface area contributed by atoms with Crippen LogP contribution in [0.15, 0.2) is 35.3 Å². The van der Waals surface area contributed by atoms with Crippen LogP contribution in [0.3, 0.4) is 0 Å². The Morgan fingerprint density at radius 1 is 1.26 bits per heavy atom. The Kier molecular flexibility index (Phi) is 7.40. The predicted octanol–water partition coefficient (Wildman–Crippen LogP) is 3.18. The number of guanidine groups is 1. The summed E-state index contributed by atoms with van der Waals surface area (Å²) in [5.41, 5.74) is 1.28. The fraction of sp³-hybridized carbons (Fsp3) is 0.632. The van der Waals surface area contributed by atoms with Crippen LogP contribution in [0.1, 0.15) is 51.1 Å². The Hall–Kier alpha value is -1.55. The molecule has 0 aromatic heterocycles. The molecule has 1 aromatic carbocycles. The number of hydrogen-bond acceptors (Lipinski definition) is 2. The fourth-order valence-corrected chi connectivity index (χ4v) is 3.20. The summed E-state index contributed by atoms with van der Waals surface area (Å²) in [6.07, 6.45) is 5.47. The number of hydrogen-bond donors (Lipinski definition) is 2. The van der Waals surface area contributed by atoms with E-state index in [1.165, 1.54) is 31.2 Å². The second kappa shape index (κ2) is 9.56. The molecule has 4 nitrogen and oxygen atoms in total. The van der Waals surface area contributed by atoms with Crippen LogP contribution < -0.4 is 10.6 Å². The van der Waals surface area contributed by atoms with Crippen molar-refractivity contribution in [3.8, 4) is 0 Å². The zero-order chi connectivity index (χ0) is 16.5. The maximum atomic E-state index is 4.74. The molecule has 1 unspecified atom stereocenters. The van der Waals surface area contributed by atoms with Crippen LogP contribution in [0, 0.1) is 0 Å². The lowest BCUT2D eigenvalue weighted by molar-refractivity contribution is 0.252. The molecule has 0 spiro atoms. The van der Waals surface area contributed by atoms with Gasteiger partial charge in [0, 0.05) is 19.1 Å². The first-order chi connectivity index (χ1) is 11.2. The molecule has 0 radical (unpaired) electrons. The van der Waals surface area contributed by atoms with E-state index in [2.05, 4.69) is 60.7 Å². The highest BCUT2D eigenvalue weighted by molar-refractivity contribution is 5.80. The van der Waals surface area contributed by atoms with Gasteiger partial charge in [-0.05, 0) is 39.3 Å². The molecule has 23 heavy (non-hydrogen) atoms. The second-order valence-electron chi connectivity index (χ2n) is 6.46. The van der Waals surface area contributed by atoms with Gasteiger partial charge in [-0.3, -0.25) is 4.99 Å². The molecule has 1 saturated carbocycles. The van der Waals surface area contributed by atoms with E-state index in [9.17, 15) is 0 Å². The number of nitrogens with zero attached hydrogens (tertiary/aromatic N) is 2. The van der Waals surface area contributed by atoms with E-state index in [1.807, 2.05) is 6.07 Å². The molecular weight excluding hydrogens is 284 g/mol. The number of benzene rings is 1. The van der Waals surface area contributed by atoms with E-state index in [4.69, 9.17) is 4.99 Å². The van der Waals surface area contributed by atoms with Gasteiger partial charge in [0.15, 0.2) is 5.96 Å². The van der Waals surface area contributed by atoms with Crippen LogP contribution in [0.4, 0.5) is 0 Å². The van der Waals surface area contributed by atoms with Crippen molar-refractivity contribution in [3.63, 3.8) is 0 Å². The first-order valence-electron chi connectivity index (χ1n) is 9.00. The van der Waals surface area contributed by atoms with Crippen LogP contribution in [0.5, 0.6) is 0 Å². The largest absolute Gasteiger partial charge is 0.357 e. The summed E-state index contributed by atoms with van der Waals surface area (Å²) in [5.74, 6) is 0.906. The van der Waals surface area contributed by atoms with E-state index in [-0.39, 0.29) is 6.04 Å². The molecule has 0 heterocycles. The maximum absolute atomic E-state index is 4.74. The molecular formula is C19H32N4. The Morgan fingerprint density at radius 3 is 2.61 bits per heavy atom. The Bertz CT molecular complexity index is 466. The molecule has 0 bridgehead atoms. The summed E-state index contributed by atoms with van der Waals surface area (Å²) in [6, 6.07) is 11.5. The molecule has 2 rings (SSSR count). The van der Waals surface area contributed by atoms with Crippen LogP contribution in [0.25, 0.3) is 0 Å². The van der Waals surface area contributed by atoms with Crippen LogP contribution in [-0.2, 0) is 0 Å². The van der Waals surface area contributed by atoms with Crippen molar-refractivity contribution in [2.45, 2.75) is 51.6 Å².